The topological polar surface area (TPSA) is 37.3 Å². The van der Waals surface area contributed by atoms with Crippen LogP contribution in [0.25, 0.3) is 0 Å². The van der Waals surface area contributed by atoms with Crippen molar-refractivity contribution in [2.24, 2.45) is 0 Å². The Kier molecular flexibility index (Phi) is 17.5. The summed E-state index contributed by atoms with van der Waals surface area (Å²) in [5.41, 5.74) is 0. The third-order valence-electron chi connectivity index (χ3n) is 2.01. The van der Waals surface area contributed by atoms with E-state index in [1.165, 1.54) is 10.6 Å². The second kappa shape index (κ2) is 15.0. The fourth-order valence-corrected chi connectivity index (χ4v) is 2.26. The molecule has 0 spiro atoms. The van der Waals surface area contributed by atoms with E-state index in [1.54, 1.807) is 0 Å². The van der Waals surface area contributed by atoms with Gasteiger partial charge in [0.2, 0.25) is 0 Å². The Labute approximate surface area is 140 Å². The number of benzene rings is 2. The minimum atomic E-state index is -0.981. The number of carboxylic acids is 1. The van der Waals surface area contributed by atoms with Gasteiger partial charge in [0.25, 0.3) is 0 Å². The largest absolute Gasteiger partial charge is 2.00 e. The molecule has 0 aromatic heterocycles. The van der Waals surface area contributed by atoms with Crippen LogP contribution in [0.4, 0.5) is 0 Å². The molecule has 0 unspecified atom stereocenters. The Hall–Kier alpha value is -1.43. The third kappa shape index (κ3) is 12.1. The minimum Gasteiger partial charge on any atom is -0.478 e. The zero-order chi connectivity index (χ0) is 13.2. The van der Waals surface area contributed by atoms with Crippen LogP contribution in [0, 0.1) is 14.9 Å². The first-order valence-corrected chi connectivity index (χ1v) is 6.45. The van der Waals surface area contributed by atoms with E-state index < -0.39 is 5.97 Å². The van der Waals surface area contributed by atoms with Crippen molar-refractivity contribution in [3.05, 3.63) is 88.2 Å². The summed E-state index contributed by atoms with van der Waals surface area (Å²) in [4.78, 5) is 9.25. The molecule has 0 heterocycles. The van der Waals surface area contributed by atoms with Gasteiger partial charge >= 0.3 is 22.5 Å². The van der Waals surface area contributed by atoms with Crippen LogP contribution in [0.3, 0.4) is 0 Å². The predicted molar refractivity (Wildman–Crippen MR) is 91.1 cm³/mol. The van der Waals surface area contributed by atoms with Gasteiger partial charge in [0.1, 0.15) is 0 Å². The first-order chi connectivity index (χ1) is 8.72. The molecule has 0 fully saturated rings. The summed E-state index contributed by atoms with van der Waals surface area (Å²) in [5, 5.41) is 10.4. The number of aliphatic carboxylic acids is 1. The van der Waals surface area contributed by atoms with Gasteiger partial charge in [0, 0.05) is 6.08 Å². The van der Waals surface area contributed by atoms with E-state index in [9.17, 15) is 4.79 Å². The number of hydrogen-bond donors (Lipinski definition) is 1. The maximum Gasteiger partial charge on any atom is 2.00 e. The van der Waals surface area contributed by atoms with Crippen molar-refractivity contribution in [2.45, 2.75) is 0 Å². The first kappa shape index (κ1) is 24.6. The van der Waals surface area contributed by atoms with Gasteiger partial charge in [-0.05, 0) is 10.6 Å². The molecule has 0 aliphatic carbocycles. The van der Waals surface area contributed by atoms with Crippen molar-refractivity contribution >= 4 is 25.2 Å². The number of hydrogen-bond acceptors (Lipinski definition) is 1. The maximum absolute atomic E-state index is 9.25. The van der Waals surface area contributed by atoms with Crippen LogP contribution in [-0.4, -0.2) is 11.1 Å². The first-order valence-electron chi connectivity index (χ1n) is 5.45. The molecule has 2 rings (SSSR count). The molecule has 21 heavy (non-hydrogen) atoms. The van der Waals surface area contributed by atoms with Crippen LogP contribution in [0.5, 0.6) is 0 Å². The molecule has 0 amide bonds. The fraction of sp³-hybridized carbons (Fsp3) is 0. The second-order valence-electron chi connectivity index (χ2n) is 3.40. The van der Waals surface area contributed by atoms with E-state index in [2.05, 4.69) is 67.2 Å². The normalized spacial score (nSPS) is 7.62. The average Bonchev–Trinajstić information content (AvgIpc) is 2.42. The fourth-order valence-electron chi connectivity index (χ4n) is 1.21. The molecular formula is C17H21NiO2P. The van der Waals surface area contributed by atoms with Gasteiger partial charge in [0.05, 0.1) is 0 Å². The number of carbonyl (C=O) groups is 1. The number of rotatable bonds is 3. The summed E-state index contributed by atoms with van der Waals surface area (Å²) in [7, 11) is 0.777. The predicted octanol–water partition coefficient (Wildman–Crippen LogP) is 3.47. The quantitative estimate of drug-likeness (QED) is 0.400. The Morgan fingerprint density at radius 3 is 1.43 bits per heavy atom. The Balaban J connectivity index is -0.000000360. The molecular weight excluding hydrogens is 326 g/mol. The van der Waals surface area contributed by atoms with Gasteiger partial charge in [-0.3, -0.25) is 0 Å². The van der Waals surface area contributed by atoms with Crippen LogP contribution in [0.15, 0.2) is 73.3 Å². The maximum atomic E-state index is 9.25. The van der Waals surface area contributed by atoms with E-state index in [0.29, 0.717) is 0 Å². The molecule has 0 saturated heterocycles. The Morgan fingerprint density at radius 1 is 0.905 bits per heavy atom. The Bertz CT molecular complexity index is 449. The smallest absolute Gasteiger partial charge is 0.478 e. The van der Waals surface area contributed by atoms with Crippen molar-refractivity contribution in [3.8, 4) is 0 Å². The van der Waals surface area contributed by atoms with E-state index in [4.69, 9.17) is 5.11 Å². The average molecular weight is 347 g/mol. The van der Waals surface area contributed by atoms with Gasteiger partial charge in [-0.1, -0.05) is 75.8 Å². The van der Waals surface area contributed by atoms with Crippen LogP contribution in [0.1, 0.15) is 0 Å². The molecule has 1 N–H and O–H groups in total. The second-order valence-corrected chi connectivity index (χ2v) is 4.80. The van der Waals surface area contributed by atoms with Crippen molar-refractivity contribution < 1.29 is 26.4 Å². The molecule has 0 radical (unpaired) electrons. The molecule has 4 heteroatoms. The van der Waals surface area contributed by atoms with Crippen LogP contribution in [0.2, 0.25) is 0 Å². The molecule has 0 atom stereocenters. The SMILES string of the molecule is C=CC(=O)O.[CH3-].[CH3-].[Ni+2].c1ccc(Pc2ccccc2)cc1. The van der Waals surface area contributed by atoms with Crippen molar-refractivity contribution in [1.82, 2.24) is 0 Å². The van der Waals surface area contributed by atoms with Crippen LogP contribution >= 0.6 is 8.58 Å². The molecule has 0 aliphatic rings. The summed E-state index contributed by atoms with van der Waals surface area (Å²) >= 11 is 0. The molecule has 0 bridgehead atoms. The van der Waals surface area contributed by atoms with Crippen molar-refractivity contribution in [2.75, 3.05) is 0 Å². The zero-order valence-electron chi connectivity index (χ0n) is 12.2. The Morgan fingerprint density at radius 2 is 1.19 bits per heavy atom. The monoisotopic (exact) mass is 346 g/mol. The van der Waals surface area contributed by atoms with Crippen LogP contribution in [-0.2, 0) is 21.3 Å². The van der Waals surface area contributed by atoms with E-state index in [1.807, 2.05) is 0 Å². The van der Waals surface area contributed by atoms with Gasteiger partial charge in [-0.2, -0.15) is 0 Å². The standard InChI is InChI=1S/C12H11P.C3H4O2.2CH3.Ni/c1-3-7-11(8-4-1)13-12-9-5-2-6-10-12;1-2-3(4)5;;;/h1-10,13H;2H,1H2,(H,4,5);2*1H3;/q;;2*-1;+2. The van der Waals surface area contributed by atoms with E-state index in [0.717, 1.165) is 14.7 Å². The summed E-state index contributed by atoms with van der Waals surface area (Å²) in [6.07, 6.45) is 0.833. The molecule has 0 aliphatic heterocycles. The summed E-state index contributed by atoms with van der Waals surface area (Å²) in [6, 6.07) is 21.2. The molecule has 2 nitrogen and oxygen atoms in total. The molecule has 116 valence electrons. The molecule has 0 saturated carbocycles. The van der Waals surface area contributed by atoms with Gasteiger partial charge in [0.15, 0.2) is 0 Å². The third-order valence-corrected chi connectivity index (χ3v) is 3.25. The van der Waals surface area contributed by atoms with Crippen molar-refractivity contribution in [3.63, 3.8) is 0 Å². The molecule has 2 aromatic carbocycles. The molecule has 2 aromatic rings. The van der Waals surface area contributed by atoms with Gasteiger partial charge < -0.3 is 20.0 Å². The minimum absolute atomic E-state index is 0. The van der Waals surface area contributed by atoms with Gasteiger partial charge in [-0.15, -0.1) is 0 Å². The van der Waals surface area contributed by atoms with Crippen molar-refractivity contribution in [1.29, 1.82) is 0 Å². The van der Waals surface area contributed by atoms with Gasteiger partial charge in [-0.25, -0.2) is 4.79 Å². The van der Waals surface area contributed by atoms with E-state index >= 15 is 0 Å². The number of carboxylic acid groups (broad SMARTS) is 1. The van der Waals surface area contributed by atoms with E-state index in [-0.39, 0.29) is 31.3 Å². The summed E-state index contributed by atoms with van der Waals surface area (Å²) in [5.74, 6) is -0.981. The summed E-state index contributed by atoms with van der Waals surface area (Å²) in [6.45, 7) is 2.96. The summed E-state index contributed by atoms with van der Waals surface area (Å²) < 4.78 is 0. The zero-order valence-corrected chi connectivity index (χ0v) is 14.2. The van der Waals surface area contributed by atoms with Crippen LogP contribution < -0.4 is 10.6 Å².